The van der Waals surface area contributed by atoms with Crippen LogP contribution < -0.4 is 5.73 Å². The van der Waals surface area contributed by atoms with Crippen molar-refractivity contribution in [3.8, 4) is 0 Å². The van der Waals surface area contributed by atoms with Crippen LogP contribution in [0.15, 0.2) is 30.3 Å². The molecule has 112 valence electrons. The molecule has 0 amide bonds. The minimum atomic E-state index is -0.201. The van der Waals surface area contributed by atoms with E-state index in [0.717, 1.165) is 29.2 Å². The number of aryl methyl sites for hydroxylation is 3. The smallest absolute Gasteiger partial charge is 0.306 e. The fourth-order valence-electron chi connectivity index (χ4n) is 2.15. The number of carbonyl (C=O) groups excluding carboxylic acids is 1. The molecule has 0 unspecified atom stereocenters. The maximum Gasteiger partial charge on any atom is 0.306 e. The molecule has 2 rings (SSSR count). The third-order valence-corrected chi connectivity index (χ3v) is 3.26. The van der Waals surface area contributed by atoms with Gasteiger partial charge in [-0.05, 0) is 44.0 Å². The van der Waals surface area contributed by atoms with Gasteiger partial charge in [-0.3, -0.25) is 9.48 Å². The van der Waals surface area contributed by atoms with Crippen molar-refractivity contribution >= 4 is 11.7 Å². The lowest BCUT2D eigenvalue weighted by Crippen LogP contribution is -2.09. The number of hydrogen-bond donors (Lipinski definition) is 1. The number of rotatable bonds is 6. The molecular weight excluding hydrogens is 266 g/mol. The highest BCUT2D eigenvalue weighted by Gasteiger charge is 2.08. The molecule has 0 saturated carbocycles. The third-order valence-electron chi connectivity index (χ3n) is 3.26. The second-order valence-electron chi connectivity index (χ2n) is 5.00. The van der Waals surface area contributed by atoms with Gasteiger partial charge in [-0.15, -0.1) is 0 Å². The van der Waals surface area contributed by atoms with Crippen LogP contribution >= 0.6 is 0 Å². The summed E-state index contributed by atoms with van der Waals surface area (Å²) in [4.78, 5) is 11.8. The number of carbonyl (C=O) groups is 1. The van der Waals surface area contributed by atoms with Gasteiger partial charge < -0.3 is 10.5 Å². The van der Waals surface area contributed by atoms with Crippen molar-refractivity contribution in [2.45, 2.75) is 39.8 Å². The summed E-state index contributed by atoms with van der Waals surface area (Å²) in [7, 11) is 0. The van der Waals surface area contributed by atoms with E-state index in [9.17, 15) is 4.79 Å². The molecule has 5 nitrogen and oxygen atoms in total. The van der Waals surface area contributed by atoms with Crippen molar-refractivity contribution in [1.29, 1.82) is 0 Å². The minimum Gasteiger partial charge on any atom is -0.459 e. The first-order valence-electron chi connectivity index (χ1n) is 7.12. The standard InChI is InChI=1S/C16H21N3O2/c1-3-19-15(10-12(2)18-19)11-21-16(20)9-6-13-4-7-14(17)8-5-13/h4-5,7-8,10H,3,6,9,11,17H2,1-2H3. The Balaban J connectivity index is 1.80. The second kappa shape index (κ2) is 6.92. The van der Waals surface area contributed by atoms with Gasteiger partial charge in [0.2, 0.25) is 0 Å². The Bertz CT molecular complexity index is 602. The molecule has 0 radical (unpaired) electrons. The zero-order valence-corrected chi connectivity index (χ0v) is 12.5. The van der Waals surface area contributed by atoms with E-state index in [0.29, 0.717) is 12.8 Å². The molecule has 0 aliphatic heterocycles. The van der Waals surface area contributed by atoms with Gasteiger partial charge in [0.15, 0.2) is 0 Å². The SMILES string of the molecule is CCn1nc(C)cc1COC(=O)CCc1ccc(N)cc1. The van der Waals surface area contributed by atoms with Crippen molar-refractivity contribution in [2.75, 3.05) is 5.73 Å². The predicted molar refractivity (Wildman–Crippen MR) is 81.6 cm³/mol. The van der Waals surface area contributed by atoms with Crippen molar-refractivity contribution in [2.24, 2.45) is 0 Å². The summed E-state index contributed by atoms with van der Waals surface area (Å²) < 4.78 is 7.15. The maximum absolute atomic E-state index is 11.8. The summed E-state index contributed by atoms with van der Waals surface area (Å²) in [6, 6.07) is 9.47. The molecular formula is C16H21N3O2. The van der Waals surface area contributed by atoms with Crippen LogP contribution in [0.5, 0.6) is 0 Å². The van der Waals surface area contributed by atoms with Gasteiger partial charge >= 0.3 is 5.97 Å². The average Bonchev–Trinajstić information content (AvgIpc) is 2.84. The first-order valence-corrected chi connectivity index (χ1v) is 7.12. The van der Waals surface area contributed by atoms with Gasteiger partial charge in [-0.25, -0.2) is 0 Å². The van der Waals surface area contributed by atoms with Crippen LogP contribution in [0.4, 0.5) is 5.69 Å². The number of nitrogens with zero attached hydrogens (tertiary/aromatic N) is 2. The lowest BCUT2D eigenvalue weighted by Gasteiger charge is -2.07. The van der Waals surface area contributed by atoms with Crippen molar-refractivity contribution in [1.82, 2.24) is 9.78 Å². The molecule has 0 spiro atoms. The van der Waals surface area contributed by atoms with Gasteiger partial charge in [0.1, 0.15) is 6.61 Å². The van der Waals surface area contributed by atoms with Crippen LogP contribution in [0.2, 0.25) is 0 Å². The summed E-state index contributed by atoms with van der Waals surface area (Å²) in [6.45, 7) is 4.98. The predicted octanol–water partition coefficient (Wildman–Crippen LogP) is 2.47. The third kappa shape index (κ3) is 4.34. The first kappa shape index (κ1) is 15.1. The molecule has 0 atom stereocenters. The van der Waals surface area contributed by atoms with Gasteiger partial charge in [0.05, 0.1) is 11.4 Å². The topological polar surface area (TPSA) is 70.1 Å². The average molecular weight is 287 g/mol. The van der Waals surface area contributed by atoms with Crippen molar-refractivity contribution in [3.05, 3.63) is 47.3 Å². The molecule has 0 fully saturated rings. The van der Waals surface area contributed by atoms with Gasteiger partial charge in [-0.1, -0.05) is 12.1 Å². The van der Waals surface area contributed by atoms with E-state index in [1.54, 1.807) is 0 Å². The molecule has 1 aromatic carbocycles. The summed E-state index contributed by atoms with van der Waals surface area (Å²) >= 11 is 0. The maximum atomic E-state index is 11.8. The number of aromatic nitrogens is 2. The number of anilines is 1. The Morgan fingerprint density at radius 1 is 1.33 bits per heavy atom. The largest absolute Gasteiger partial charge is 0.459 e. The monoisotopic (exact) mass is 287 g/mol. The Labute approximate surface area is 124 Å². The molecule has 21 heavy (non-hydrogen) atoms. The zero-order valence-electron chi connectivity index (χ0n) is 12.5. The van der Waals surface area contributed by atoms with Crippen LogP contribution in [0.25, 0.3) is 0 Å². The van der Waals surface area contributed by atoms with Gasteiger partial charge in [-0.2, -0.15) is 5.10 Å². The summed E-state index contributed by atoms with van der Waals surface area (Å²) in [6.07, 6.45) is 1.02. The fraction of sp³-hybridized carbons (Fsp3) is 0.375. The molecule has 1 aromatic heterocycles. The Morgan fingerprint density at radius 3 is 2.71 bits per heavy atom. The quantitative estimate of drug-likeness (QED) is 0.654. The van der Waals surface area contributed by atoms with E-state index in [1.165, 1.54) is 0 Å². The van der Waals surface area contributed by atoms with E-state index in [-0.39, 0.29) is 12.6 Å². The number of benzene rings is 1. The molecule has 0 saturated heterocycles. The Kier molecular flexibility index (Phi) is 4.98. The zero-order chi connectivity index (χ0) is 15.2. The van der Waals surface area contributed by atoms with E-state index in [2.05, 4.69) is 5.10 Å². The van der Waals surface area contributed by atoms with E-state index in [1.807, 2.05) is 48.9 Å². The number of nitrogen functional groups attached to an aromatic ring is 1. The molecule has 0 bridgehead atoms. The summed E-state index contributed by atoms with van der Waals surface area (Å²) in [5, 5.41) is 4.32. The highest BCUT2D eigenvalue weighted by molar-refractivity contribution is 5.69. The van der Waals surface area contributed by atoms with Crippen LogP contribution in [0.1, 0.15) is 30.3 Å². The van der Waals surface area contributed by atoms with Gasteiger partial charge in [0.25, 0.3) is 0 Å². The van der Waals surface area contributed by atoms with E-state index < -0.39 is 0 Å². The van der Waals surface area contributed by atoms with Crippen molar-refractivity contribution < 1.29 is 9.53 Å². The van der Waals surface area contributed by atoms with Crippen LogP contribution in [-0.4, -0.2) is 15.7 Å². The van der Waals surface area contributed by atoms with Gasteiger partial charge in [0, 0.05) is 18.7 Å². The fourth-order valence-corrected chi connectivity index (χ4v) is 2.15. The molecule has 2 N–H and O–H groups in total. The molecule has 2 aromatic rings. The minimum absolute atomic E-state index is 0.201. The van der Waals surface area contributed by atoms with E-state index >= 15 is 0 Å². The van der Waals surface area contributed by atoms with Crippen molar-refractivity contribution in [3.63, 3.8) is 0 Å². The lowest BCUT2D eigenvalue weighted by atomic mass is 10.1. The summed E-state index contributed by atoms with van der Waals surface area (Å²) in [5.41, 5.74) is 9.29. The van der Waals surface area contributed by atoms with Crippen LogP contribution in [0, 0.1) is 6.92 Å². The summed E-state index contributed by atoms with van der Waals surface area (Å²) in [5.74, 6) is -0.201. The highest BCUT2D eigenvalue weighted by Crippen LogP contribution is 2.10. The number of nitrogens with two attached hydrogens (primary N) is 1. The van der Waals surface area contributed by atoms with E-state index in [4.69, 9.17) is 10.5 Å². The molecule has 0 aliphatic carbocycles. The molecule has 0 aliphatic rings. The number of hydrogen-bond acceptors (Lipinski definition) is 4. The first-order chi connectivity index (χ1) is 10.1. The highest BCUT2D eigenvalue weighted by atomic mass is 16.5. The normalized spacial score (nSPS) is 10.6. The Morgan fingerprint density at radius 2 is 2.05 bits per heavy atom. The molecule has 1 heterocycles. The van der Waals surface area contributed by atoms with Crippen LogP contribution in [0.3, 0.4) is 0 Å². The lowest BCUT2D eigenvalue weighted by molar-refractivity contribution is -0.145. The second-order valence-corrected chi connectivity index (χ2v) is 5.00. The number of esters is 1. The Hall–Kier alpha value is -2.30. The number of ether oxygens (including phenoxy) is 1. The van der Waals surface area contributed by atoms with Crippen LogP contribution in [-0.2, 0) is 29.1 Å². The molecule has 5 heteroatoms.